The van der Waals surface area contributed by atoms with Crippen molar-refractivity contribution in [1.82, 2.24) is 14.5 Å². The van der Waals surface area contributed by atoms with Gasteiger partial charge in [0.15, 0.2) is 0 Å². The Morgan fingerprint density at radius 3 is 3.04 bits per heavy atom. The van der Waals surface area contributed by atoms with Crippen LogP contribution in [0.25, 0.3) is 10.9 Å². The maximum Gasteiger partial charge on any atom is 0.138 e. The third-order valence-corrected chi connectivity index (χ3v) is 4.47. The largest absolute Gasteiger partial charge is 0.370 e. The molecule has 0 spiro atoms. The number of para-hydroxylation sites is 1. The van der Waals surface area contributed by atoms with Crippen LogP contribution in [0, 0.1) is 5.92 Å². The molecule has 118 valence electrons. The molecule has 1 aliphatic rings. The summed E-state index contributed by atoms with van der Waals surface area (Å²) < 4.78 is 7.94. The Labute approximate surface area is 135 Å². The Kier molecular flexibility index (Phi) is 3.71. The van der Waals surface area contributed by atoms with E-state index in [9.17, 15) is 0 Å². The summed E-state index contributed by atoms with van der Waals surface area (Å²) in [6.45, 7) is 1.62. The van der Waals surface area contributed by atoms with Crippen molar-refractivity contribution in [3.8, 4) is 0 Å². The molecule has 0 bridgehead atoms. The van der Waals surface area contributed by atoms with Crippen molar-refractivity contribution in [3.05, 3.63) is 54.6 Å². The normalized spacial score (nSPS) is 20.9. The lowest BCUT2D eigenvalue weighted by Gasteiger charge is -2.19. The van der Waals surface area contributed by atoms with E-state index in [1.54, 1.807) is 0 Å². The Balaban J connectivity index is 1.48. The van der Waals surface area contributed by atoms with Crippen LogP contribution in [-0.4, -0.2) is 27.7 Å². The highest BCUT2D eigenvalue weighted by Gasteiger charge is 2.32. The van der Waals surface area contributed by atoms with Gasteiger partial charge in [0, 0.05) is 43.9 Å². The average Bonchev–Trinajstić information content (AvgIpc) is 3.21. The van der Waals surface area contributed by atoms with Crippen LogP contribution in [0.2, 0.25) is 0 Å². The van der Waals surface area contributed by atoms with Crippen LogP contribution >= 0.6 is 0 Å². The standard InChI is InChI=1S/C18H20N4O/c1-22-10-9-19-18(22)17-14(8-11-23-17)12-20-16-7-6-13-4-2-3-5-15(13)21-16/h2-7,9-10,14,17H,8,11-12H2,1H3,(H,20,21)/t14-,17+/m0/s1. The molecule has 0 saturated carbocycles. The van der Waals surface area contributed by atoms with Crippen LogP contribution in [-0.2, 0) is 11.8 Å². The first-order valence-corrected chi connectivity index (χ1v) is 8.00. The van der Waals surface area contributed by atoms with E-state index in [-0.39, 0.29) is 6.10 Å². The molecule has 2 aromatic heterocycles. The number of benzene rings is 1. The summed E-state index contributed by atoms with van der Waals surface area (Å²) in [7, 11) is 2.01. The first kappa shape index (κ1) is 14.2. The van der Waals surface area contributed by atoms with Gasteiger partial charge in [0.2, 0.25) is 0 Å². The first-order valence-electron chi connectivity index (χ1n) is 8.00. The van der Waals surface area contributed by atoms with Gasteiger partial charge in [-0.05, 0) is 24.6 Å². The number of pyridine rings is 1. The predicted octanol–water partition coefficient (Wildman–Crippen LogP) is 3.16. The molecule has 0 radical (unpaired) electrons. The summed E-state index contributed by atoms with van der Waals surface area (Å²) in [6.07, 6.45) is 4.89. The molecule has 1 aromatic carbocycles. The van der Waals surface area contributed by atoms with Crippen molar-refractivity contribution in [3.63, 3.8) is 0 Å². The van der Waals surface area contributed by atoms with Crippen molar-refractivity contribution in [2.75, 3.05) is 18.5 Å². The van der Waals surface area contributed by atoms with Crippen LogP contribution in [0.5, 0.6) is 0 Å². The molecular weight excluding hydrogens is 288 g/mol. The molecular formula is C18H20N4O. The number of nitrogens with one attached hydrogen (secondary N) is 1. The number of nitrogens with zero attached hydrogens (tertiary/aromatic N) is 3. The minimum absolute atomic E-state index is 0.0583. The molecule has 5 nitrogen and oxygen atoms in total. The van der Waals surface area contributed by atoms with Crippen molar-refractivity contribution in [2.45, 2.75) is 12.5 Å². The van der Waals surface area contributed by atoms with Crippen molar-refractivity contribution >= 4 is 16.7 Å². The lowest BCUT2D eigenvalue weighted by molar-refractivity contribution is 0.0839. The molecule has 1 N–H and O–H groups in total. The smallest absolute Gasteiger partial charge is 0.138 e. The molecule has 1 saturated heterocycles. The second-order valence-electron chi connectivity index (χ2n) is 6.01. The summed E-state index contributed by atoms with van der Waals surface area (Å²) in [5, 5.41) is 4.62. The number of hydrogen-bond acceptors (Lipinski definition) is 4. The van der Waals surface area contributed by atoms with E-state index in [2.05, 4.69) is 27.4 Å². The molecule has 1 fully saturated rings. The topological polar surface area (TPSA) is 52.0 Å². The Hall–Kier alpha value is -2.40. The van der Waals surface area contributed by atoms with Gasteiger partial charge in [-0.25, -0.2) is 9.97 Å². The summed E-state index contributed by atoms with van der Waals surface area (Å²) >= 11 is 0. The van der Waals surface area contributed by atoms with Crippen LogP contribution in [0.1, 0.15) is 18.3 Å². The zero-order valence-electron chi connectivity index (χ0n) is 13.1. The monoisotopic (exact) mass is 308 g/mol. The Morgan fingerprint density at radius 1 is 1.26 bits per heavy atom. The maximum absolute atomic E-state index is 5.91. The van der Waals surface area contributed by atoms with Gasteiger partial charge in [0.25, 0.3) is 0 Å². The lowest BCUT2D eigenvalue weighted by Crippen LogP contribution is -2.20. The van der Waals surface area contributed by atoms with Crippen molar-refractivity contribution in [2.24, 2.45) is 13.0 Å². The summed E-state index contributed by atoms with van der Waals surface area (Å²) in [5.41, 5.74) is 1.01. The highest BCUT2D eigenvalue weighted by atomic mass is 16.5. The molecule has 1 aliphatic heterocycles. The summed E-state index contributed by atoms with van der Waals surface area (Å²) in [5.74, 6) is 2.32. The predicted molar refractivity (Wildman–Crippen MR) is 90.2 cm³/mol. The SMILES string of the molecule is Cn1ccnc1[C@@H]1OCC[C@H]1CNc1ccc2ccccc2n1. The molecule has 3 heterocycles. The molecule has 0 amide bonds. The Morgan fingerprint density at radius 2 is 2.17 bits per heavy atom. The van der Waals surface area contributed by atoms with Crippen molar-refractivity contribution in [1.29, 1.82) is 0 Å². The van der Waals surface area contributed by atoms with E-state index in [1.807, 2.05) is 48.3 Å². The number of aromatic nitrogens is 3. The molecule has 3 aromatic rings. The number of hydrogen-bond donors (Lipinski definition) is 1. The van der Waals surface area contributed by atoms with Crippen LogP contribution in [0.15, 0.2) is 48.8 Å². The average molecular weight is 308 g/mol. The lowest BCUT2D eigenvalue weighted by atomic mass is 10.0. The number of ether oxygens (including phenoxy) is 1. The van der Waals surface area contributed by atoms with E-state index in [0.717, 1.165) is 42.1 Å². The third-order valence-electron chi connectivity index (χ3n) is 4.47. The van der Waals surface area contributed by atoms with E-state index >= 15 is 0 Å². The number of imidazole rings is 1. The van der Waals surface area contributed by atoms with Gasteiger partial charge >= 0.3 is 0 Å². The van der Waals surface area contributed by atoms with Crippen LogP contribution in [0.3, 0.4) is 0 Å². The van der Waals surface area contributed by atoms with Gasteiger partial charge in [0.1, 0.15) is 17.7 Å². The molecule has 0 aliphatic carbocycles. The second kappa shape index (κ2) is 6.01. The number of rotatable bonds is 4. The van der Waals surface area contributed by atoms with Gasteiger partial charge in [-0.3, -0.25) is 0 Å². The summed E-state index contributed by atoms with van der Waals surface area (Å²) in [6, 6.07) is 12.3. The fourth-order valence-corrected chi connectivity index (χ4v) is 3.18. The number of anilines is 1. The fourth-order valence-electron chi connectivity index (χ4n) is 3.18. The van der Waals surface area contributed by atoms with Gasteiger partial charge < -0.3 is 14.6 Å². The van der Waals surface area contributed by atoms with E-state index in [0.29, 0.717) is 5.92 Å². The highest BCUT2D eigenvalue weighted by molar-refractivity contribution is 5.80. The van der Waals surface area contributed by atoms with Crippen LogP contribution in [0.4, 0.5) is 5.82 Å². The molecule has 5 heteroatoms. The minimum Gasteiger partial charge on any atom is -0.370 e. The second-order valence-corrected chi connectivity index (χ2v) is 6.01. The zero-order valence-corrected chi connectivity index (χ0v) is 13.1. The number of fused-ring (bicyclic) bond motifs is 1. The maximum atomic E-state index is 5.91. The van der Waals surface area contributed by atoms with Gasteiger partial charge in [-0.15, -0.1) is 0 Å². The van der Waals surface area contributed by atoms with E-state index < -0.39 is 0 Å². The quantitative estimate of drug-likeness (QED) is 0.804. The molecule has 4 rings (SSSR count). The minimum atomic E-state index is 0.0583. The van der Waals surface area contributed by atoms with Crippen molar-refractivity contribution < 1.29 is 4.74 Å². The molecule has 0 unspecified atom stereocenters. The molecule has 2 atom stereocenters. The number of aryl methyl sites for hydroxylation is 1. The highest BCUT2D eigenvalue weighted by Crippen LogP contribution is 2.33. The van der Waals surface area contributed by atoms with Gasteiger partial charge in [0.05, 0.1) is 5.52 Å². The van der Waals surface area contributed by atoms with Gasteiger partial charge in [-0.2, -0.15) is 0 Å². The molecule has 23 heavy (non-hydrogen) atoms. The summed E-state index contributed by atoms with van der Waals surface area (Å²) in [4.78, 5) is 9.11. The fraction of sp³-hybridized carbons (Fsp3) is 0.333. The Bertz CT molecular complexity index is 813. The van der Waals surface area contributed by atoms with E-state index in [4.69, 9.17) is 4.74 Å². The van der Waals surface area contributed by atoms with E-state index in [1.165, 1.54) is 0 Å². The van der Waals surface area contributed by atoms with Crippen LogP contribution < -0.4 is 5.32 Å². The third kappa shape index (κ3) is 2.80. The first-order chi connectivity index (χ1) is 11.3. The van der Waals surface area contributed by atoms with Gasteiger partial charge in [-0.1, -0.05) is 18.2 Å². The zero-order chi connectivity index (χ0) is 15.6.